The predicted molar refractivity (Wildman–Crippen MR) is 113 cm³/mol. The number of benzene rings is 1. The van der Waals surface area contributed by atoms with E-state index in [1.165, 1.54) is 22.6 Å². The first kappa shape index (κ1) is 20.9. The molecule has 0 radical (unpaired) electrons. The second-order valence-corrected chi connectivity index (χ2v) is 7.16. The van der Waals surface area contributed by atoms with Crippen LogP contribution in [0.5, 0.6) is 5.75 Å². The molecule has 1 N–H and O–H groups in total. The Morgan fingerprint density at radius 3 is 2.58 bits per heavy atom. The molecule has 0 atom stereocenters. The number of fused-ring (bicyclic) bond motifs is 1. The van der Waals surface area contributed by atoms with Gasteiger partial charge < -0.3 is 19.7 Å². The van der Waals surface area contributed by atoms with Crippen molar-refractivity contribution in [2.24, 2.45) is 7.05 Å². The molecule has 1 saturated heterocycles. The number of ether oxygens (including phenoxy) is 2. The van der Waals surface area contributed by atoms with Gasteiger partial charge in [0, 0.05) is 20.1 Å². The highest BCUT2D eigenvalue weighted by atomic mass is 19.3. The molecule has 33 heavy (non-hydrogen) atoms. The van der Waals surface area contributed by atoms with Crippen molar-refractivity contribution in [3.05, 3.63) is 30.2 Å². The number of rotatable bonds is 6. The minimum Gasteiger partial charge on any atom is -0.494 e. The molecule has 1 aromatic carbocycles. The number of aryl methyl sites for hydroxylation is 1. The van der Waals surface area contributed by atoms with Crippen molar-refractivity contribution in [1.82, 2.24) is 39.5 Å². The lowest BCUT2D eigenvalue weighted by molar-refractivity contribution is 0.122. The zero-order valence-electron chi connectivity index (χ0n) is 17.8. The fraction of sp³-hybridized carbons (Fsp3) is 0.368. The van der Waals surface area contributed by atoms with E-state index < -0.39 is 12.2 Å². The van der Waals surface area contributed by atoms with Gasteiger partial charge >= 0.3 is 0 Å². The number of morpholine rings is 1. The van der Waals surface area contributed by atoms with Gasteiger partial charge in [0.2, 0.25) is 17.8 Å². The highest BCUT2D eigenvalue weighted by Gasteiger charge is 2.26. The number of para-hydroxylation sites is 1. The van der Waals surface area contributed by atoms with Gasteiger partial charge in [-0.05, 0) is 12.1 Å². The van der Waals surface area contributed by atoms with Gasteiger partial charge in [-0.15, -0.1) is 5.10 Å². The smallest absolute Gasteiger partial charge is 0.296 e. The monoisotopic (exact) mass is 458 g/mol. The highest BCUT2D eigenvalue weighted by molar-refractivity contribution is 5.84. The standard InChI is InChI=1S/C19H20F2N10O2/c1-29-13(10-22-28-29)23-17-25-18(30-6-8-33-9-7-30)27-19(26-17)31-11-4-3-5-12(32-2)14(11)24-16(31)15(20)21/h3-5,10,15H,6-9H2,1-2H3,(H,23,25,26,27). The van der Waals surface area contributed by atoms with Crippen LogP contribution in [0.15, 0.2) is 24.4 Å². The van der Waals surface area contributed by atoms with Crippen molar-refractivity contribution in [2.75, 3.05) is 43.6 Å². The molecule has 172 valence electrons. The third kappa shape index (κ3) is 3.88. The second kappa shape index (κ2) is 8.54. The van der Waals surface area contributed by atoms with Crippen molar-refractivity contribution in [3.63, 3.8) is 0 Å². The van der Waals surface area contributed by atoms with E-state index in [1.54, 1.807) is 25.2 Å². The lowest BCUT2D eigenvalue weighted by Gasteiger charge is -2.27. The van der Waals surface area contributed by atoms with Crippen molar-refractivity contribution < 1.29 is 18.3 Å². The molecule has 0 bridgehead atoms. The van der Waals surface area contributed by atoms with Crippen LogP contribution in [-0.2, 0) is 11.8 Å². The zero-order valence-corrected chi connectivity index (χ0v) is 17.8. The third-order valence-corrected chi connectivity index (χ3v) is 5.15. The maximum atomic E-state index is 14.0. The number of aromatic nitrogens is 8. The highest BCUT2D eigenvalue weighted by Crippen LogP contribution is 2.32. The van der Waals surface area contributed by atoms with E-state index in [1.807, 2.05) is 4.90 Å². The van der Waals surface area contributed by atoms with Crippen LogP contribution in [0, 0.1) is 0 Å². The molecular formula is C19H20F2N10O2. The molecule has 0 aliphatic carbocycles. The second-order valence-electron chi connectivity index (χ2n) is 7.16. The first-order valence-electron chi connectivity index (χ1n) is 10.1. The van der Waals surface area contributed by atoms with Crippen molar-refractivity contribution >= 4 is 28.7 Å². The summed E-state index contributed by atoms with van der Waals surface area (Å²) in [5, 5.41) is 10.7. The first-order chi connectivity index (χ1) is 16.0. The number of hydrogen-bond acceptors (Lipinski definition) is 10. The summed E-state index contributed by atoms with van der Waals surface area (Å²) < 4.78 is 41.5. The van der Waals surface area contributed by atoms with Crippen molar-refractivity contribution in [2.45, 2.75) is 6.43 Å². The molecule has 0 saturated carbocycles. The zero-order chi connectivity index (χ0) is 22.9. The van der Waals surface area contributed by atoms with Gasteiger partial charge in [-0.2, -0.15) is 15.0 Å². The number of nitrogens with one attached hydrogen (secondary N) is 1. The number of alkyl halides is 2. The molecular weight excluding hydrogens is 438 g/mol. The maximum Gasteiger partial charge on any atom is 0.296 e. The molecule has 0 unspecified atom stereocenters. The third-order valence-electron chi connectivity index (χ3n) is 5.15. The van der Waals surface area contributed by atoms with Crippen molar-refractivity contribution in [3.8, 4) is 11.7 Å². The number of hydrogen-bond donors (Lipinski definition) is 1. The Hall–Kier alpha value is -3.94. The predicted octanol–water partition coefficient (Wildman–Crippen LogP) is 1.87. The molecule has 5 rings (SSSR count). The Morgan fingerprint density at radius 2 is 1.88 bits per heavy atom. The van der Waals surface area contributed by atoms with E-state index >= 15 is 0 Å². The van der Waals surface area contributed by atoms with Crippen LogP contribution in [0.3, 0.4) is 0 Å². The molecule has 3 aromatic heterocycles. The summed E-state index contributed by atoms with van der Waals surface area (Å²) in [4.78, 5) is 19.5. The van der Waals surface area contributed by atoms with Crippen LogP contribution in [0.25, 0.3) is 17.0 Å². The van der Waals surface area contributed by atoms with E-state index in [-0.39, 0.29) is 17.4 Å². The number of halogens is 2. The summed E-state index contributed by atoms with van der Waals surface area (Å²) in [7, 11) is 3.16. The van der Waals surface area contributed by atoms with Crippen LogP contribution in [0.2, 0.25) is 0 Å². The fourth-order valence-electron chi connectivity index (χ4n) is 3.54. The van der Waals surface area contributed by atoms with Gasteiger partial charge in [0.15, 0.2) is 11.6 Å². The molecule has 1 aliphatic heterocycles. The van der Waals surface area contributed by atoms with E-state index in [0.29, 0.717) is 49.3 Å². The molecule has 1 fully saturated rings. The molecule has 0 amide bonds. The largest absolute Gasteiger partial charge is 0.494 e. The normalized spacial score (nSPS) is 14.3. The van der Waals surface area contributed by atoms with Crippen LogP contribution in [0.1, 0.15) is 12.2 Å². The summed E-state index contributed by atoms with van der Waals surface area (Å²) in [6.07, 6.45) is -1.37. The first-order valence-corrected chi connectivity index (χ1v) is 10.1. The average molecular weight is 458 g/mol. The minimum absolute atomic E-state index is 0.00447. The van der Waals surface area contributed by atoms with Crippen LogP contribution in [-0.4, -0.2) is 72.9 Å². The summed E-state index contributed by atoms with van der Waals surface area (Å²) in [5.41, 5.74) is 0.672. The van der Waals surface area contributed by atoms with Crippen LogP contribution in [0.4, 0.5) is 26.5 Å². The lowest BCUT2D eigenvalue weighted by atomic mass is 10.3. The Morgan fingerprint density at radius 1 is 1.09 bits per heavy atom. The maximum absolute atomic E-state index is 14.0. The summed E-state index contributed by atoms with van der Waals surface area (Å²) in [5.74, 6) is 0.862. The van der Waals surface area contributed by atoms with Crippen molar-refractivity contribution in [1.29, 1.82) is 0 Å². The molecule has 14 heteroatoms. The van der Waals surface area contributed by atoms with E-state index in [4.69, 9.17) is 9.47 Å². The Bertz CT molecular complexity index is 1290. The van der Waals surface area contributed by atoms with Gasteiger partial charge in [-0.1, -0.05) is 11.3 Å². The van der Waals surface area contributed by atoms with Gasteiger partial charge in [0.25, 0.3) is 6.43 Å². The topological polar surface area (TPSA) is 121 Å². The van der Waals surface area contributed by atoms with Gasteiger partial charge in [0.1, 0.15) is 11.3 Å². The average Bonchev–Trinajstić information content (AvgIpc) is 3.43. The number of anilines is 3. The Balaban J connectivity index is 1.70. The fourth-order valence-corrected chi connectivity index (χ4v) is 3.54. The lowest BCUT2D eigenvalue weighted by Crippen LogP contribution is -2.37. The van der Waals surface area contributed by atoms with Crippen LogP contribution >= 0.6 is 0 Å². The summed E-state index contributed by atoms with van der Waals surface area (Å²) in [6, 6.07) is 5.01. The molecule has 1 aliphatic rings. The number of methoxy groups -OCH3 is 1. The van der Waals surface area contributed by atoms with Gasteiger partial charge in [-0.25, -0.2) is 18.4 Å². The number of nitrogens with zero attached hydrogens (tertiary/aromatic N) is 9. The molecule has 4 aromatic rings. The van der Waals surface area contributed by atoms with Gasteiger partial charge in [0.05, 0.1) is 32.0 Å². The number of imidazole rings is 1. The molecule has 4 heterocycles. The SMILES string of the molecule is COc1cccc2c1nc(C(F)F)n2-c1nc(Nc2cnnn2C)nc(N2CCOCC2)n1. The van der Waals surface area contributed by atoms with Gasteiger partial charge in [-0.3, -0.25) is 4.57 Å². The van der Waals surface area contributed by atoms with E-state index in [2.05, 4.69) is 35.6 Å². The van der Waals surface area contributed by atoms with E-state index in [9.17, 15) is 8.78 Å². The molecule has 0 spiro atoms. The molecule has 12 nitrogen and oxygen atoms in total. The Labute approximate surface area is 186 Å². The quantitative estimate of drug-likeness (QED) is 0.458. The van der Waals surface area contributed by atoms with E-state index in [0.717, 1.165) is 0 Å². The minimum atomic E-state index is -2.87. The Kier molecular flexibility index (Phi) is 5.42. The summed E-state index contributed by atoms with van der Waals surface area (Å²) in [6.45, 7) is 2.11. The summed E-state index contributed by atoms with van der Waals surface area (Å²) >= 11 is 0. The van der Waals surface area contributed by atoms with Crippen LogP contribution < -0.4 is 15.0 Å².